The Kier molecular flexibility index (Phi) is 23.7. The van der Waals surface area contributed by atoms with Gasteiger partial charge in [-0.05, 0) is 12.3 Å². The molecular formula is C9H28N2O5S. The number of rotatable bonds is 6. The molecule has 0 aromatic heterocycles. The van der Waals surface area contributed by atoms with Gasteiger partial charge in [-0.15, -0.1) is 0 Å². The van der Waals surface area contributed by atoms with Crippen molar-refractivity contribution in [2.75, 3.05) is 6.61 Å². The normalized spacial score (nSPS) is 9.76. The first kappa shape index (κ1) is 25.6. The predicted molar refractivity (Wildman–Crippen MR) is 69.2 cm³/mol. The van der Waals surface area contributed by atoms with Crippen molar-refractivity contribution in [3.63, 3.8) is 0 Å². The molecule has 17 heavy (non-hydrogen) atoms. The van der Waals surface area contributed by atoms with Crippen LogP contribution in [-0.2, 0) is 10.4 Å². The highest BCUT2D eigenvalue weighted by Gasteiger charge is 1.93. The molecule has 9 N–H and O–H groups in total. The Hall–Kier alpha value is -0.250. The molecule has 0 amide bonds. The first-order valence-electron chi connectivity index (χ1n) is 5.08. The first-order chi connectivity index (χ1) is 6.77. The summed E-state index contributed by atoms with van der Waals surface area (Å²) in [5.74, 6) is 0.842. The molecule has 0 aromatic carbocycles. The lowest BCUT2D eigenvalue weighted by Gasteiger charge is -2.02. The third-order valence-corrected chi connectivity index (χ3v) is 1.69. The molecule has 0 aliphatic heterocycles. The van der Waals surface area contributed by atoms with Gasteiger partial charge in [0.25, 0.3) is 0 Å². The van der Waals surface area contributed by atoms with Crippen LogP contribution in [0, 0.1) is 5.92 Å². The SMILES string of the molecule is CC(C)CCCCCCO.N.N.O=S(=O)(O)O. The van der Waals surface area contributed by atoms with E-state index in [2.05, 4.69) is 13.8 Å². The quantitative estimate of drug-likeness (QED) is 0.366. The van der Waals surface area contributed by atoms with Crippen LogP contribution in [0.4, 0.5) is 0 Å². The van der Waals surface area contributed by atoms with E-state index in [9.17, 15) is 0 Å². The lowest BCUT2D eigenvalue weighted by Crippen LogP contribution is -1.89. The molecule has 0 heterocycles. The van der Waals surface area contributed by atoms with Crippen LogP contribution in [-0.4, -0.2) is 29.2 Å². The van der Waals surface area contributed by atoms with Gasteiger partial charge >= 0.3 is 10.4 Å². The Labute approximate surface area is 104 Å². The molecule has 0 radical (unpaired) electrons. The predicted octanol–water partition coefficient (Wildman–Crippen LogP) is 2.26. The number of aliphatic hydroxyl groups is 1. The van der Waals surface area contributed by atoms with E-state index in [0.29, 0.717) is 6.61 Å². The van der Waals surface area contributed by atoms with E-state index in [1.54, 1.807) is 0 Å². The molecule has 7 nitrogen and oxygen atoms in total. The van der Waals surface area contributed by atoms with Gasteiger partial charge in [0.15, 0.2) is 0 Å². The molecule has 0 fully saturated rings. The Balaban J connectivity index is -0.000000105. The maximum absolute atomic E-state index is 8.74. The van der Waals surface area contributed by atoms with E-state index in [4.69, 9.17) is 22.6 Å². The molecule has 0 saturated heterocycles. The van der Waals surface area contributed by atoms with Crippen LogP contribution in [0.5, 0.6) is 0 Å². The number of hydrogen-bond acceptors (Lipinski definition) is 5. The Morgan fingerprint density at radius 1 is 0.941 bits per heavy atom. The van der Waals surface area contributed by atoms with Crippen molar-refractivity contribution in [2.45, 2.75) is 46.0 Å². The van der Waals surface area contributed by atoms with Crippen molar-refractivity contribution in [1.82, 2.24) is 12.3 Å². The number of aliphatic hydroxyl groups excluding tert-OH is 1. The molecule has 0 bridgehead atoms. The second-order valence-electron chi connectivity index (χ2n) is 3.77. The summed E-state index contributed by atoms with van der Waals surface area (Å²) in [6, 6.07) is 0. The van der Waals surface area contributed by atoms with Crippen molar-refractivity contribution < 1.29 is 22.6 Å². The molecule has 0 unspecified atom stereocenters. The van der Waals surface area contributed by atoms with Gasteiger partial charge in [0.2, 0.25) is 0 Å². The van der Waals surface area contributed by atoms with Gasteiger partial charge < -0.3 is 17.4 Å². The molecule has 0 aromatic rings. The fourth-order valence-corrected chi connectivity index (χ4v) is 1.02. The molecule has 0 aliphatic rings. The van der Waals surface area contributed by atoms with Crippen LogP contribution in [0.3, 0.4) is 0 Å². The smallest absolute Gasteiger partial charge is 0.394 e. The summed E-state index contributed by atoms with van der Waals surface area (Å²) in [6.45, 7) is 4.87. The minimum Gasteiger partial charge on any atom is -0.396 e. The number of unbranched alkanes of at least 4 members (excludes halogenated alkanes) is 3. The summed E-state index contributed by atoms with van der Waals surface area (Å²) in [7, 11) is -4.67. The van der Waals surface area contributed by atoms with E-state index >= 15 is 0 Å². The van der Waals surface area contributed by atoms with Crippen molar-refractivity contribution in [2.24, 2.45) is 5.92 Å². The maximum Gasteiger partial charge on any atom is 0.394 e. The molecular weight excluding hydrogens is 248 g/mol. The number of hydrogen-bond donors (Lipinski definition) is 5. The summed E-state index contributed by atoms with van der Waals surface area (Å²) in [6.07, 6.45) is 6.14. The molecule has 0 atom stereocenters. The summed E-state index contributed by atoms with van der Waals surface area (Å²) in [5, 5.41) is 8.47. The zero-order chi connectivity index (χ0) is 12.3. The van der Waals surface area contributed by atoms with Gasteiger partial charge in [-0.25, -0.2) is 0 Å². The van der Waals surface area contributed by atoms with Crippen LogP contribution in [0.1, 0.15) is 46.0 Å². The average molecular weight is 276 g/mol. The summed E-state index contributed by atoms with van der Waals surface area (Å²) < 4.78 is 31.6. The van der Waals surface area contributed by atoms with Gasteiger partial charge in [-0.1, -0.05) is 39.5 Å². The largest absolute Gasteiger partial charge is 0.396 e. The summed E-state index contributed by atoms with van der Waals surface area (Å²) >= 11 is 0. The third kappa shape index (κ3) is 65.4. The minimum atomic E-state index is -4.67. The van der Waals surface area contributed by atoms with Crippen molar-refractivity contribution >= 4 is 10.4 Å². The van der Waals surface area contributed by atoms with Gasteiger partial charge in [0.1, 0.15) is 0 Å². The second-order valence-corrected chi connectivity index (χ2v) is 4.66. The van der Waals surface area contributed by atoms with Gasteiger partial charge in [0.05, 0.1) is 0 Å². The van der Waals surface area contributed by atoms with Crippen molar-refractivity contribution in [3.8, 4) is 0 Å². The van der Waals surface area contributed by atoms with Crippen molar-refractivity contribution in [3.05, 3.63) is 0 Å². The highest BCUT2D eigenvalue weighted by molar-refractivity contribution is 7.79. The van der Waals surface area contributed by atoms with Crippen LogP contribution < -0.4 is 12.3 Å². The van der Waals surface area contributed by atoms with Crippen LogP contribution in [0.2, 0.25) is 0 Å². The standard InChI is InChI=1S/C9H20O.2H3N.H2O4S/c1-9(2)7-5-3-4-6-8-10;;;1-5(2,3)4/h9-10H,3-8H2,1-2H3;2*1H3;(H2,1,2,3,4). The monoisotopic (exact) mass is 276 g/mol. The van der Waals surface area contributed by atoms with E-state index in [0.717, 1.165) is 12.3 Å². The molecule has 8 heteroatoms. The minimum absolute atomic E-state index is 0. The molecule has 0 saturated carbocycles. The van der Waals surface area contributed by atoms with Crippen LogP contribution in [0.15, 0.2) is 0 Å². The van der Waals surface area contributed by atoms with Gasteiger partial charge in [-0.3, -0.25) is 9.11 Å². The van der Waals surface area contributed by atoms with E-state index in [1.165, 1.54) is 25.7 Å². The molecule has 0 spiro atoms. The lowest BCUT2D eigenvalue weighted by molar-refractivity contribution is 0.282. The zero-order valence-electron chi connectivity index (χ0n) is 10.8. The summed E-state index contributed by atoms with van der Waals surface area (Å²) in [4.78, 5) is 0. The average Bonchev–Trinajstić information content (AvgIpc) is 2.00. The van der Waals surface area contributed by atoms with Crippen LogP contribution in [0.25, 0.3) is 0 Å². The lowest BCUT2D eigenvalue weighted by atomic mass is 10.0. The topological polar surface area (TPSA) is 165 Å². The Morgan fingerprint density at radius 2 is 1.29 bits per heavy atom. The zero-order valence-corrected chi connectivity index (χ0v) is 11.6. The van der Waals surface area contributed by atoms with Gasteiger partial charge in [-0.2, -0.15) is 8.42 Å². The Bertz CT molecular complexity index is 211. The highest BCUT2D eigenvalue weighted by Crippen LogP contribution is 2.08. The van der Waals surface area contributed by atoms with E-state index in [1.807, 2.05) is 0 Å². The first-order valence-corrected chi connectivity index (χ1v) is 6.47. The van der Waals surface area contributed by atoms with E-state index < -0.39 is 10.4 Å². The third-order valence-electron chi connectivity index (χ3n) is 1.69. The summed E-state index contributed by atoms with van der Waals surface area (Å²) in [5.41, 5.74) is 0. The van der Waals surface area contributed by atoms with Crippen molar-refractivity contribution in [1.29, 1.82) is 0 Å². The highest BCUT2D eigenvalue weighted by atomic mass is 32.3. The molecule has 0 rings (SSSR count). The second kappa shape index (κ2) is 15.8. The molecule has 0 aliphatic carbocycles. The fourth-order valence-electron chi connectivity index (χ4n) is 1.02. The fraction of sp³-hybridized carbons (Fsp3) is 1.00. The molecule has 110 valence electrons. The van der Waals surface area contributed by atoms with Gasteiger partial charge in [0, 0.05) is 6.61 Å². The van der Waals surface area contributed by atoms with E-state index in [-0.39, 0.29) is 12.3 Å². The Morgan fingerprint density at radius 3 is 1.59 bits per heavy atom. The maximum atomic E-state index is 8.74. The van der Waals surface area contributed by atoms with Crippen LogP contribution >= 0.6 is 0 Å².